The van der Waals surface area contributed by atoms with E-state index in [4.69, 9.17) is 20.1 Å². The van der Waals surface area contributed by atoms with Crippen molar-refractivity contribution in [1.29, 1.82) is 0 Å². The van der Waals surface area contributed by atoms with Crippen molar-refractivity contribution >= 4 is 0 Å². The molecule has 1 saturated heterocycles. The molecule has 4 atom stereocenters. The molecule has 0 bridgehead atoms. The van der Waals surface area contributed by atoms with Gasteiger partial charge in [-0.3, -0.25) is 0 Å². The van der Waals surface area contributed by atoms with Crippen LogP contribution >= 0.6 is 0 Å². The molecule has 0 aromatic carbocycles. The first-order valence-corrected chi connectivity index (χ1v) is 3.36. The standard InChI is InChI=1S/C6H12O5/c1-10-6-5(9)4(8)3(2-7)11-6/h3-9H,2H2,1H3/t3-,4-,5-,6-/m1/s1. The molecule has 0 aliphatic carbocycles. The van der Waals surface area contributed by atoms with Gasteiger partial charge in [-0.05, 0) is 0 Å². The zero-order chi connectivity index (χ0) is 8.43. The van der Waals surface area contributed by atoms with Gasteiger partial charge in [-0.15, -0.1) is 0 Å². The fourth-order valence-corrected chi connectivity index (χ4v) is 1.06. The Hall–Kier alpha value is -0.200. The monoisotopic (exact) mass is 164 g/mol. The lowest BCUT2D eigenvalue weighted by molar-refractivity contribution is -0.153. The van der Waals surface area contributed by atoms with E-state index in [2.05, 4.69) is 4.74 Å². The van der Waals surface area contributed by atoms with E-state index in [1.54, 1.807) is 0 Å². The van der Waals surface area contributed by atoms with Crippen LogP contribution in [0.4, 0.5) is 0 Å². The lowest BCUT2D eigenvalue weighted by atomic mass is 10.1. The van der Waals surface area contributed by atoms with Gasteiger partial charge in [-0.1, -0.05) is 0 Å². The number of hydrogen-bond acceptors (Lipinski definition) is 5. The molecule has 3 N–H and O–H groups in total. The summed E-state index contributed by atoms with van der Waals surface area (Å²) >= 11 is 0. The quantitative estimate of drug-likeness (QED) is 0.443. The maximum absolute atomic E-state index is 9.15. The van der Waals surface area contributed by atoms with Crippen molar-refractivity contribution in [3.63, 3.8) is 0 Å². The molecule has 0 radical (unpaired) electrons. The van der Waals surface area contributed by atoms with E-state index in [0.29, 0.717) is 0 Å². The van der Waals surface area contributed by atoms with E-state index in [9.17, 15) is 0 Å². The van der Waals surface area contributed by atoms with Crippen molar-refractivity contribution in [2.75, 3.05) is 13.7 Å². The summed E-state index contributed by atoms with van der Waals surface area (Å²) in [5, 5.41) is 26.9. The molecule has 11 heavy (non-hydrogen) atoms. The first-order valence-electron chi connectivity index (χ1n) is 3.36. The summed E-state index contributed by atoms with van der Waals surface area (Å²) in [6, 6.07) is 0. The van der Waals surface area contributed by atoms with Crippen LogP contribution in [0.1, 0.15) is 0 Å². The van der Waals surface area contributed by atoms with Crippen molar-refractivity contribution in [2.24, 2.45) is 0 Å². The molecule has 1 fully saturated rings. The highest BCUT2D eigenvalue weighted by Crippen LogP contribution is 2.20. The number of aliphatic hydroxyl groups excluding tert-OH is 3. The second kappa shape index (κ2) is 3.46. The Morgan fingerprint density at radius 3 is 2.27 bits per heavy atom. The predicted octanol–water partition coefficient (Wildman–Crippen LogP) is -1.93. The summed E-state index contributed by atoms with van der Waals surface area (Å²) in [5.41, 5.74) is 0. The molecule has 1 heterocycles. The minimum atomic E-state index is -1.07. The minimum Gasteiger partial charge on any atom is -0.394 e. The van der Waals surface area contributed by atoms with Crippen LogP contribution in [0.25, 0.3) is 0 Å². The molecule has 0 saturated carbocycles. The van der Waals surface area contributed by atoms with Crippen LogP contribution in [0, 0.1) is 0 Å². The van der Waals surface area contributed by atoms with Gasteiger partial charge < -0.3 is 24.8 Å². The summed E-state index contributed by atoms with van der Waals surface area (Å²) < 4.78 is 9.59. The average Bonchev–Trinajstić information content (AvgIpc) is 2.30. The van der Waals surface area contributed by atoms with E-state index in [1.807, 2.05) is 0 Å². The highest BCUT2D eigenvalue weighted by atomic mass is 16.7. The minimum absolute atomic E-state index is 0.321. The van der Waals surface area contributed by atoms with Crippen molar-refractivity contribution < 1.29 is 24.8 Å². The van der Waals surface area contributed by atoms with Gasteiger partial charge >= 0.3 is 0 Å². The summed E-state index contributed by atoms with van der Waals surface area (Å²) in [4.78, 5) is 0. The average molecular weight is 164 g/mol. The van der Waals surface area contributed by atoms with Gasteiger partial charge in [0.05, 0.1) is 6.61 Å². The van der Waals surface area contributed by atoms with Crippen LogP contribution in [0.5, 0.6) is 0 Å². The maximum Gasteiger partial charge on any atom is 0.186 e. The van der Waals surface area contributed by atoms with Crippen molar-refractivity contribution in [3.05, 3.63) is 0 Å². The number of aliphatic hydroxyl groups is 3. The molecule has 0 aromatic rings. The fourth-order valence-electron chi connectivity index (χ4n) is 1.06. The van der Waals surface area contributed by atoms with Gasteiger partial charge in [0.15, 0.2) is 6.29 Å². The van der Waals surface area contributed by atoms with Gasteiger partial charge in [-0.25, -0.2) is 0 Å². The number of rotatable bonds is 2. The first-order chi connectivity index (χ1) is 5.20. The van der Waals surface area contributed by atoms with Crippen molar-refractivity contribution in [2.45, 2.75) is 24.6 Å². The van der Waals surface area contributed by atoms with E-state index >= 15 is 0 Å². The fraction of sp³-hybridized carbons (Fsp3) is 1.00. The lowest BCUT2D eigenvalue weighted by Gasteiger charge is -2.11. The van der Waals surface area contributed by atoms with Gasteiger partial charge in [0.2, 0.25) is 0 Å². The summed E-state index contributed by atoms with van der Waals surface area (Å²) in [7, 11) is 1.36. The van der Waals surface area contributed by atoms with Crippen molar-refractivity contribution in [1.82, 2.24) is 0 Å². The second-order valence-electron chi connectivity index (χ2n) is 2.44. The molecule has 0 amide bonds. The number of ether oxygens (including phenoxy) is 2. The van der Waals surface area contributed by atoms with Crippen LogP contribution in [0.3, 0.4) is 0 Å². The van der Waals surface area contributed by atoms with E-state index in [1.165, 1.54) is 7.11 Å². The molecule has 1 aliphatic heterocycles. The van der Waals surface area contributed by atoms with E-state index in [0.717, 1.165) is 0 Å². The van der Waals surface area contributed by atoms with Gasteiger partial charge in [0, 0.05) is 7.11 Å². The second-order valence-corrected chi connectivity index (χ2v) is 2.44. The normalized spacial score (nSPS) is 44.7. The maximum atomic E-state index is 9.15. The third-order valence-electron chi connectivity index (χ3n) is 1.73. The van der Waals surface area contributed by atoms with Crippen molar-refractivity contribution in [3.8, 4) is 0 Å². The summed E-state index contributed by atoms with van der Waals surface area (Å²) in [5.74, 6) is 0. The Morgan fingerprint density at radius 2 is 2.00 bits per heavy atom. The topological polar surface area (TPSA) is 79.2 Å². The Balaban J connectivity index is 2.53. The highest BCUT2D eigenvalue weighted by molar-refractivity contribution is 4.85. The zero-order valence-electron chi connectivity index (χ0n) is 6.17. The lowest BCUT2D eigenvalue weighted by Crippen LogP contribution is -2.34. The van der Waals surface area contributed by atoms with E-state index in [-0.39, 0.29) is 6.61 Å². The Labute approximate surface area is 64.2 Å². The molecule has 5 nitrogen and oxygen atoms in total. The van der Waals surface area contributed by atoms with Crippen LogP contribution in [0.2, 0.25) is 0 Å². The SMILES string of the molecule is CO[C@@H]1O[C@H](CO)[C@@H](O)[C@H]1O. The summed E-state index contributed by atoms with van der Waals surface area (Å²) in [6.07, 6.45) is -3.71. The molecule has 0 aromatic heterocycles. The predicted molar refractivity (Wildman–Crippen MR) is 34.8 cm³/mol. The summed E-state index contributed by atoms with van der Waals surface area (Å²) in [6.45, 7) is -0.321. The molecule has 0 unspecified atom stereocenters. The third-order valence-corrected chi connectivity index (χ3v) is 1.73. The van der Waals surface area contributed by atoms with Crippen LogP contribution in [-0.2, 0) is 9.47 Å². The molecule has 66 valence electrons. The van der Waals surface area contributed by atoms with Crippen LogP contribution in [0.15, 0.2) is 0 Å². The molecular weight excluding hydrogens is 152 g/mol. The number of hydrogen-bond donors (Lipinski definition) is 3. The first kappa shape index (κ1) is 8.89. The third kappa shape index (κ3) is 1.52. The zero-order valence-corrected chi connectivity index (χ0v) is 6.17. The van der Waals surface area contributed by atoms with Gasteiger partial charge in [0.1, 0.15) is 18.3 Å². The van der Waals surface area contributed by atoms with E-state index < -0.39 is 24.6 Å². The molecule has 5 heteroatoms. The smallest absolute Gasteiger partial charge is 0.186 e. The molecule has 1 rings (SSSR count). The molecule has 0 spiro atoms. The Kier molecular flexibility index (Phi) is 2.80. The molecule has 1 aliphatic rings. The molecular formula is C6H12O5. The number of methoxy groups -OCH3 is 1. The van der Waals surface area contributed by atoms with Crippen LogP contribution in [-0.4, -0.2) is 53.6 Å². The highest BCUT2D eigenvalue weighted by Gasteiger charge is 2.42. The Bertz CT molecular complexity index is 110. The Morgan fingerprint density at radius 1 is 1.36 bits per heavy atom. The largest absolute Gasteiger partial charge is 0.394 e. The van der Waals surface area contributed by atoms with Crippen LogP contribution < -0.4 is 0 Å². The van der Waals surface area contributed by atoms with Gasteiger partial charge in [-0.2, -0.15) is 0 Å². The van der Waals surface area contributed by atoms with Gasteiger partial charge in [0.25, 0.3) is 0 Å².